The average molecular weight is 924 g/mol. The van der Waals surface area contributed by atoms with Gasteiger partial charge in [0.1, 0.15) is 23.4 Å². The van der Waals surface area contributed by atoms with E-state index in [1.807, 2.05) is 13.8 Å². The maximum atomic E-state index is 13.3. The molecule has 61 heavy (non-hydrogen) atoms. The van der Waals surface area contributed by atoms with Gasteiger partial charge in [-0.1, -0.05) is 43.6 Å². The van der Waals surface area contributed by atoms with E-state index in [4.69, 9.17) is 0 Å². The molecule has 0 aliphatic carbocycles. The van der Waals surface area contributed by atoms with Crippen molar-refractivity contribution >= 4 is 39.1 Å². The van der Waals surface area contributed by atoms with Crippen molar-refractivity contribution < 1.29 is 44.7 Å². The van der Waals surface area contributed by atoms with Gasteiger partial charge in [-0.25, -0.2) is 18.1 Å². The molecule has 6 aromatic rings. The molecule has 2 aliphatic heterocycles. The minimum Gasteiger partial charge on any atom is -0.308 e. The number of nitrogens with one attached hydrogen (secondary N) is 1. The molecule has 2 aliphatic rings. The van der Waals surface area contributed by atoms with Gasteiger partial charge in [0, 0.05) is 25.5 Å². The van der Waals surface area contributed by atoms with Crippen LogP contribution in [0.25, 0.3) is 11.4 Å². The van der Waals surface area contributed by atoms with Gasteiger partial charge in [0.25, 0.3) is 5.91 Å². The lowest BCUT2D eigenvalue weighted by atomic mass is 10.1. The molecule has 1 N–H and O–H groups in total. The molecule has 8 rings (SSSR count). The second-order valence-corrected chi connectivity index (χ2v) is 15.7. The summed E-state index contributed by atoms with van der Waals surface area (Å²) in [6.07, 6.45) is -2.22. The van der Waals surface area contributed by atoms with Gasteiger partial charge in [-0.15, -0.1) is 0 Å². The molecule has 4 aromatic heterocycles. The van der Waals surface area contributed by atoms with Crippen molar-refractivity contribution in [3.8, 4) is 11.4 Å². The Morgan fingerprint density at radius 3 is 1.56 bits per heavy atom. The fourth-order valence-electron chi connectivity index (χ4n) is 6.88. The van der Waals surface area contributed by atoms with Gasteiger partial charge in [-0.2, -0.15) is 46.7 Å². The zero-order valence-corrected chi connectivity index (χ0v) is 34.5. The molecule has 0 saturated carbocycles. The SMILES string of the molecule is CC(C)c1c(N2CCC(Br)C2=O)cnn1-c1ccc(F)cc1.CC(C)c1c(N2CCC(n3ccc(C(F)(F)F)n3)C2=O)cnn1-c1ccc(F)cc1.FC(F)(F)c1ccn[nH]1. The first-order valence-corrected chi connectivity index (χ1v) is 19.8. The number of hydrogen-bond acceptors (Lipinski definition) is 6. The Bertz CT molecular complexity index is 2420. The van der Waals surface area contributed by atoms with Crippen molar-refractivity contribution in [3.63, 3.8) is 0 Å². The van der Waals surface area contributed by atoms with Gasteiger partial charge in [0.2, 0.25) is 5.91 Å². The predicted octanol–water partition coefficient (Wildman–Crippen LogP) is 9.39. The first-order chi connectivity index (χ1) is 28.8. The zero-order chi connectivity index (χ0) is 44.4. The van der Waals surface area contributed by atoms with E-state index in [1.165, 1.54) is 35.4 Å². The number of halogens is 9. The molecule has 324 valence electrons. The molecule has 0 radical (unpaired) electrons. The van der Waals surface area contributed by atoms with E-state index in [9.17, 15) is 44.7 Å². The maximum Gasteiger partial charge on any atom is 0.435 e. The van der Waals surface area contributed by atoms with Crippen molar-refractivity contribution in [2.24, 2.45) is 0 Å². The van der Waals surface area contributed by atoms with Crippen molar-refractivity contribution in [3.05, 3.63) is 120 Å². The van der Waals surface area contributed by atoms with Crippen LogP contribution in [0, 0.1) is 11.6 Å². The van der Waals surface area contributed by atoms with E-state index < -0.39 is 29.8 Å². The number of aromatic amines is 1. The van der Waals surface area contributed by atoms with E-state index in [0.717, 1.165) is 52.2 Å². The van der Waals surface area contributed by atoms with Gasteiger partial charge in [-0.3, -0.25) is 19.4 Å². The summed E-state index contributed by atoms with van der Waals surface area (Å²) in [6.45, 7) is 9.03. The van der Waals surface area contributed by atoms with E-state index in [1.54, 1.807) is 56.0 Å². The lowest BCUT2D eigenvalue weighted by molar-refractivity contribution is -0.142. The van der Waals surface area contributed by atoms with Crippen LogP contribution in [0.1, 0.15) is 81.2 Å². The Balaban J connectivity index is 0.000000175. The third-order valence-corrected chi connectivity index (χ3v) is 10.6. The second kappa shape index (κ2) is 18.0. The predicted molar refractivity (Wildman–Crippen MR) is 212 cm³/mol. The van der Waals surface area contributed by atoms with Crippen LogP contribution < -0.4 is 9.80 Å². The van der Waals surface area contributed by atoms with Gasteiger partial charge in [0.05, 0.1) is 51.4 Å². The standard InChI is InChI=1S/C20H19F4N5O.C16H17BrFN3O.C4H3F3N2/c1-12(2)18-16(11-25-29(18)14-5-3-13(21)4-6-14)27-9-7-15(19(27)30)28-10-8-17(26-28)20(22,23)24;1-10(2)15-14(20-8-7-13(17)16(20)22)9-19-21(15)12-5-3-11(18)4-6-12;5-4(6,7)3-1-2-8-9-3/h3-6,8,10-12,15H,7,9H2,1-2H3;3-6,9-10,13H,7-8H2,1-2H3;1-2H,(H,8,9). The minimum atomic E-state index is -4.56. The lowest BCUT2D eigenvalue weighted by Gasteiger charge is -2.20. The fourth-order valence-corrected chi connectivity index (χ4v) is 7.33. The van der Waals surface area contributed by atoms with Crippen LogP contribution in [0.4, 0.5) is 46.5 Å². The molecule has 2 unspecified atom stereocenters. The van der Waals surface area contributed by atoms with Gasteiger partial charge in [0.15, 0.2) is 5.69 Å². The van der Waals surface area contributed by atoms with E-state index in [-0.39, 0.29) is 40.1 Å². The molecule has 12 nitrogen and oxygen atoms in total. The molecular formula is C40H39BrF8N10O2. The number of rotatable bonds is 7. The second-order valence-electron chi connectivity index (χ2n) is 14.6. The molecule has 2 saturated heterocycles. The van der Waals surface area contributed by atoms with E-state index in [0.29, 0.717) is 30.9 Å². The van der Waals surface area contributed by atoms with E-state index >= 15 is 0 Å². The summed E-state index contributed by atoms with van der Waals surface area (Å²) in [5, 5.41) is 17.3. The van der Waals surface area contributed by atoms with E-state index in [2.05, 4.69) is 50.2 Å². The first-order valence-electron chi connectivity index (χ1n) is 18.9. The number of benzene rings is 2. The summed E-state index contributed by atoms with van der Waals surface area (Å²) in [5.41, 5.74) is 2.74. The Morgan fingerprint density at radius 1 is 0.689 bits per heavy atom. The summed E-state index contributed by atoms with van der Waals surface area (Å²) in [4.78, 5) is 28.5. The van der Waals surface area contributed by atoms with Gasteiger partial charge in [-0.05, 0) is 85.3 Å². The Morgan fingerprint density at radius 2 is 1.18 bits per heavy atom. The van der Waals surface area contributed by atoms with Crippen molar-refractivity contribution in [2.75, 3.05) is 22.9 Å². The topological polar surface area (TPSA) is 123 Å². The number of nitrogens with zero attached hydrogens (tertiary/aromatic N) is 9. The number of H-pyrrole nitrogens is 1. The van der Waals surface area contributed by atoms with Gasteiger partial charge < -0.3 is 9.80 Å². The molecule has 2 atom stereocenters. The Hall–Kier alpha value is -5.86. The first kappa shape index (κ1) is 44.7. The molecule has 2 fully saturated rings. The average Bonchev–Trinajstić information content (AvgIpc) is 4.05. The minimum absolute atomic E-state index is 0.0130. The smallest absolute Gasteiger partial charge is 0.308 e. The van der Waals surface area contributed by atoms with Crippen molar-refractivity contribution in [1.82, 2.24) is 39.5 Å². The van der Waals surface area contributed by atoms with Crippen LogP contribution in [0.15, 0.2) is 85.5 Å². The summed E-state index contributed by atoms with van der Waals surface area (Å²) < 4.78 is 104. The highest BCUT2D eigenvalue weighted by atomic mass is 79.9. The highest BCUT2D eigenvalue weighted by Crippen LogP contribution is 2.37. The number of aromatic nitrogens is 8. The fraction of sp³-hybridized carbons (Fsp3) is 0.350. The number of alkyl halides is 7. The number of carbonyl (C=O) groups is 2. The molecule has 21 heteroatoms. The van der Waals surface area contributed by atoms with Crippen molar-refractivity contribution in [2.45, 2.75) is 75.6 Å². The summed E-state index contributed by atoms with van der Waals surface area (Å²) in [6, 6.07) is 13.0. The molecule has 6 heterocycles. The maximum absolute atomic E-state index is 13.3. The van der Waals surface area contributed by atoms with Crippen LogP contribution >= 0.6 is 15.9 Å². The molecular weight excluding hydrogens is 884 g/mol. The van der Waals surface area contributed by atoms with Gasteiger partial charge >= 0.3 is 12.4 Å². The normalized spacial score (nSPS) is 17.0. The van der Waals surface area contributed by atoms with Crippen LogP contribution in [0.3, 0.4) is 0 Å². The molecule has 2 amide bonds. The van der Waals surface area contributed by atoms with Crippen LogP contribution in [0.2, 0.25) is 0 Å². The summed E-state index contributed by atoms with van der Waals surface area (Å²) in [5.74, 6) is -0.745. The Labute approximate surface area is 352 Å². The summed E-state index contributed by atoms with van der Waals surface area (Å²) in [7, 11) is 0. The largest absolute Gasteiger partial charge is 0.435 e. The van der Waals surface area contributed by atoms with Crippen LogP contribution in [-0.4, -0.2) is 69.3 Å². The number of anilines is 2. The number of amides is 2. The zero-order valence-electron chi connectivity index (χ0n) is 33.0. The molecule has 2 aromatic carbocycles. The number of carbonyl (C=O) groups excluding carboxylic acids is 2. The highest BCUT2D eigenvalue weighted by molar-refractivity contribution is 9.10. The van der Waals surface area contributed by atoms with Crippen molar-refractivity contribution in [1.29, 1.82) is 0 Å². The number of hydrogen-bond donors (Lipinski definition) is 1. The Kier molecular flexibility index (Phi) is 13.2. The quantitative estimate of drug-likeness (QED) is 0.126. The third kappa shape index (κ3) is 9.87. The highest BCUT2D eigenvalue weighted by Gasteiger charge is 2.40. The van der Waals surface area contributed by atoms with Crippen LogP contribution in [0.5, 0.6) is 0 Å². The lowest BCUT2D eigenvalue weighted by Crippen LogP contribution is -2.29. The molecule has 0 bridgehead atoms. The molecule has 0 spiro atoms. The van der Waals surface area contributed by atoms with Crippen LogP contribution in [-0.2, 0) is 21.9 Å². The monoisotopic (exact) mass is 922 g/mol. The summed E-state index contributed by atoms with van der Waals surface area (Å²) >= 11 is 3.40. The third-order valence-electron chi connectivity index (χ3n) is 9.73.